The molecule has 4 nitrogen and oxygen atoms in total. The van der Waals surface area contributed by atoms with E-state index in [1.807, 2.05) is 0 Å². The van der Waals surface area contributed by atoms with Gasteiger partial charge in [-0.05, 0) is 50.5 Å². The molecular weight excluding hydrogens is 260 g/mol. The summed E-state index contributed by atoms with van der Waals surface area (Å²) in [6.07, 6.45) is 9.22. The molecule has 2 heterocycles. The molecule has 21 heavy (non-hydrogen) atoms. The van der Waals surface area contributed by atoms with Gasteiger partial charge >= 0.3 is 0 Å². The highest BCUT2D eigenvalue weighted by atomic mass is 15.1. The molecule has 0 radical (unpaired) electrons. The number of hydrogen-bond donors (Lipinski definition) is 1. The Labute approximate surface area is 126 Å². The number of anilines is 2. The molecule has 1 fully saturated rings. The van der Waals surface area contributed by atoms with E-state index in [0.717, 1.165) is 11.4 Å². The van der Waals surface area contributed by atoms with Crippen molar-refractivity contribution in [3.05, 3.63) is 48.5 Å². The lowest BCUT2D eigenvalue weighted by Gasteiger charge is -2.29. The minimum absolute atomic E-state index is 0.152. The Morgan fingerprint density at radius 2 is 1.81 bits per heavy atom. The van der Waals surface area contributed by atoms with Gasteiger partial charge in [-0.3, -0.25) is 9.97 Å². The van der Waals surface area contributed by atoms with Crippen molar-refractivity contribution >= 4 is 11.4 Å². The first-order chi connectivity index (χ1) is 10.3. The Kier molecular flexibility index (Phi) is 4.34. The van der Waals surface area contributed by atoms with Crippen LogP contribution in [-0.2, 0) is 0 Å². The van der Waals surface area contributed by atoms with Crippen LogP contribution >= 0.6 is 0 Å². The van der Waals surface area contributed by atoms with Crippen molar-refractivity contribution in [1.29, 1.82) is 0 Å². The van der Waals surface area contributed by atoms with Gasteiger partial charge in [0.25, 0.3) is 0 Å². The van der Waals surface area contributed by atoms with E-state index >= 15 is 0 Å². The van der Waals surface area contributed by atoms with Crippen LogP contribution in [0, 0.1) is 0 Å². The molecule has 1 aromatic heterocycles. The van der Waals surface area contributed by atoms with Crippen LogP contribution < -0.4 is 10.2 Å². The van der Waals surface area contributed by atoms with Crippen LogP contribution in [0.25, 0.3) is 0 Å². The second-order valence-corrected chi connectivity index (χ2v) is 5.59. The summed E-state index contributed by atoms with van der Waals surface area (Å²) in [6.45, 7) is 4.47. The molecule has 3 rings (SSSR count). The Hall–Kier alpha value is -2.10. The predicted octanol–water partition coefficient (Wildman–Crippen LogP) is 3.64. The Bertz CT molecular complexity index is 547. The maximum absolute atomic E-state index is 4.33. The smallest absolute Gasteiger partial charge is 0.0806 e. The summed E-state index contributed by atoms with van der Waals surface area (Å²) in [5.41, 5.74) is 3.40. The summed E-state index contributed by atoms with van der Waals surface area (Å²) in [5, 5.41) is 3.47. The van der Waals surface area contributed by atoms with Crippen LogP contribution in [0.2, 0.25) is 0 Å². The topological polar surface area (TPSA) is 41.0 Å². The van der Waals surface area contributed by atoms with Gasteiger partial charge in [0.1, 0.15) is 0 Å². The summed E-state index contributed by atoms with van der Waals surface area (Å²) >= 11 is 0. The maximum Gasteiger partial charge on any atom is 0.0806 e. The highest BCUT2D eigenvalue weighted by molar-refractivity contribution is 5.55. The van der Waals surface area contributed by atoms with Gasteiger partial charge < -0.3 is 10.2 Å². The van der Waals surface area contributed by atoms with Crippen molar-refractivity contribution in [2.75, 3.05) is 23.3 Å². The highest BCUT2D eigenvalue weighted by Gasteiger charge is 2.11. The van der Waals surface area contributed by atoms with Crippen molar-refractivity contribution in [3.8, 4) is 0 Å². The van der Waals surface area contributed by atoms with E-state index in [4.69, 9.17) is 0 Å². The lowest BCUT2D eigenvalue weighted by molar-refractivity contribution is 0.578. The molecule has 1 saturated heterocycles. The number of nitrogens with one attached hydrogen (secondary N) is 1. The molecule has 0 bridgehead atoms. The molecule has 110 valence electrons. The Morgan fingerprint density at radius 3 is 2.48 bits per heavy atom. The van der Waals surface area contributed by atoms with Crippen molar-refractivity contribution in [3.63, 3.8) is 0 Å². The fourth-order valence-electron chi connectivity index (χ4n) is 2.78. The van der Waals surface area contributed by atoms with E-state index < -0.39 is 0 Å². The highest BCUT2D eigenvalue weighted by Crippen LogP contribution is 2.23. The zero-order valence-corrected chi connectivity index (χ0v) is 12.5. The van der Waals surface area contributed by atoms with E-state index in [1.54, 1.807) is 18.6 Å². The van der Waals surface area contributed by atoms with Crippen LogP contribution in [0.1, 0.15) is 37.9 Å². The molecule has 1 N–H and O–H groups in total. The molecule has 1 aliphatic heterocycles. The Morgan fingerprint density at radius 1 is 1.05 bits per heavy atom. The SMILES string of the molecule is CC(Nc1ccc(N2CCCCC2)cc1)c1cnccn1. The number of nitrogens with zero attached hydrogens (tertiary/aromatic N) is 3. The average molecular weight is 282 g/mol. The number of hydrogen-bond acceptors (Lipinski definition) is 4. The van der Waals surface area contributed by atoms with Crippen LogP contribution in [-0.4, -0.2) is 23.1 Å². The monoisotopic (exact) mass is 282 g/mol. The standard InChI is InChI=1S/C17H22N4/c1-14(17-13-18-9-10-19-17)20-15-5-7-16(8-6-15)21-11-3-2-4-12-21/h5-10,13-14,20H,2-4,11-12H2,1H3. The number of piperidine rings is 1. The molecule has 2 aromatic rings. The molecule has 0 aliphatic carbocycles. The molecule has 0 saturated carbocycles. The first-order valence-electron chi connectivity index (χ1n) is 7.70. The van der Waals surface area contributed by atoms with E-state index in [-0.39, 0.29) is 6.04 Å². The molecular formula is C17H22N4. The molecule has 1 atom stereocenters. The van der Waals surface area contributed by atoms with Gasteiger partial charge in [-0.25, -0.2) is 0 Å². The van der Waals surface area contributed by atoms with Gasteiger partial charge in [0.05, 0.1) is 17.9 Å². The molecule has 1 aliphatic rings. The van der Waals surface area contributed by atoms with Crippen molar-refractivity contribution in [2.24, 2.45) is 0 Å². The number of rotatable bonds is 4. The zero-order valence-electron chi connectivity index (χ0n) is 12.5. The third kappa shape index (κ3) is 3.51. The number of aromatic nitrogens is 2. The predicted molar refractivity (Wildman–Crippen MR) is 86.6 cm³/mol. The van der Waals surface area contributed by atoms with E-state index in [9.17, 15) is 0 Å². The first-order valence-corrected chi connectivity index (χ1v) is 7.70. The van der Waals surface area contributed by atoms with Gasteiger partial charge in [0.15, 0.2) is 0 Å². The minimum Gasteiger partial charge on any atom is -0.377 e. The lowest BCUT2D eigenvalue weighted by Crippen LogP contribution is -2.29. The maximum atomic E-state index is 4.33. The van der Waals surface area contributed by atoms with Crippen LogP contribution in [0.5, 0.6) is 0 Å². The van der Waals surface area contributed by atoms with E-state index in [0.29, 0.717) is 0 Å². The summed E-state index contributed by atoms with van der Waals surface area (Å²) in [4.78, 5) is 10.9. The van der Waals surface area contributed by atoms with E-state index in [1.165, 1.54) is 38.0 Å². The quantitative estimate of drug-likeness (QED) is 0.929. The van der Waals surface area contributed by atoms with Crippen LogP contribution in [0.4, 0.5) is 11.4 Å². The van der Waals surface area contributed by atoms with Gasteiger partial charge in [-0.15, -0.1) is 0 Å². The zero-order chi connectivity index (χ0) is 14.5. The summed E-state index contributed by atoms with van der Waals surface area (Å²) < 4.78 is 0. The summed E-state index contributed by atoms with van der Waals surface area (Å²) in [5.74, 6) is 0. The Balaban J connectivity index is 1.64. The summed E-state index contributed by atoms with van der Waals surface area (Å²) in [7, 11) is 0. The average Bonchev–Trinajstić information content (AvgIpc) is 2.57. The van der Waals surface area contributed by atoms with Gasteiger partial charge in [0, 0.05) is 36.9 Å². The van der Waals surface area contributed by atoms with Crippen molar-refractivity contribution in [2.45, 2.75) is 32.2 Å². The second-order valence-electron chi connectivity index (χ2n) is 5.59. The third-order valence-corrected chi connectivity index (χ3v) is 4.00. The van der Waals surface area contributed by atoms with Gasteiger partial charge in [0.2, 0.25) is 0 Å². The van der Waals surface area contributed by atoms with E-state index in [2.05, 4.69) is 51.4 Å². The van der Waals surface area contributed by atoms with Crippen molar-refractivity contribution in [1.82, 2.24) is 9.97 Å². The molecule has 1 aromatic carbocycles. The van der Waals surface area contributed by atoms with Crippen LogP contribution in [0.15, 0.2) is 42.9 Å². The normalized spacial score (nSPS) is 16.5. The second kappa shape index (κ2) is 6.57. The largest absolute Gasteiger partial charge is 0.377 e. The van der Waals surface area contributed by atoms with Gasteiger partial charge in [-0.2, -0.15) is 0 Å². The molecule has 1 unspecified atom stereocenters. The minimum atomic E-state index is 0.152. The third-order valence-electron chi connectivity index (χ3n) is 4.00. The van der Waals surface area contributed by atoms with Crippen molar-refractivity contribution < 1.29 is 0 Å². The van der Waals surface area contributed by atoms with Crippen LogP contribution in [0.3, 0.4) is 0 Å². The lowest BCUT2D eigenvalue weighted by atomic mass is 10.1. The fourth-order valence-corrected chi connectivity index (χ4v) is 2.78. The fraction of sp³-hybridized carbons (Fsp3) is 0.412. The first kappa shape index (κ1) is 13.9. The molecule has 4 heteroatoms. The molecule has 0 amide bonds. The summed E-state index contributed by atoms with van der Waals surface area (Å²) in [6, 6.07) is 8.86. The molecule has 0 spiro atoms. The van der Waals surface area contributed by atoms with Gasteiger partial charge in [-0.1, -0.05) is 0 Å². The number of benzene rings is 1.